The van der Waals surface area contributed by atoms with Gasteiger partial charge in [0, 0.05) is 18.5 Å². The Labute approximate surface area is 163 Å². The molecule has 0 fully saturated rings. The molecule has 2 heterocycles. The van der Waals surface area contributed by atoms with Crippen LogP contribution in [0.3, 0.4) is 0 Å². The summed E-state index contributed by atoms with van der Waals surface area (Å²) in [6.45, 7) is 0. The monoisotopic (exact) mass is 408 g/mol. The van der Waals surface area contributed by atoms with Crippen molar-refractivity contribution in [2.45, 2.75) is 6.42 Å². The Balaban J connectivity index is 2.15. The number of methoxy groups -OCH3 is 1. The minimum absolute atomic E-state index is 0.197. The maximum absolute atomic E-state index is 11.8. The molecule has 0 aliphatic rings. The van der Waals surface area contributed by atoms with E-state index in [-0.39, 0.29) is 22.2 Å². The number of hydrogen-bond acceptors (Lipinski definition) is 5. The van der Waals surface area contributed by atoms with Gasteiger partial charge in [0.1, 0.15) is 22.6 Å². The van der Waals surface area contributed by atoms with E-state index in [1.807, 2.05) is 0 Å². The fourth-order valence-electron chi connectivity index (χ4n) is 2.59. The lowest BCUT2D eigenvalue weighted by molar-refractivity contribution is 0.0601. The van der Waals surface area contributed by atoms with E-state index in [1.54, 1.807) is 17.7 Å². The number of benzene rings is 1. The van der Waals surface area contributed by atoms with Gasteiger partial charge < -0.3 is 9.30 Å². The largest absolute Gasteiger partial charge is 0.465 e. The summed E-state index contributed by atoms with van der Waals surface area (Å²) in [6.07, 6.45) is 0.234. The third-order valence-corrected chi connectivity index (χ3v) is 4.91. The van der Waals surface area contributed by atoms with E-state index < -0.39 is 5.97 Å². The molecule has 1 aromatic carbocycles. The van der Waals surface area contributed by atoms with Crippen molar-refractivity contribution >= 4 is 51.9 Å². The highest BCUT2D eigenvalue weighted by Crippen LogP contribution is 2.31. The molecule has 3 aromatic rings. The molecule has 9 heteroatoms. The van der Waals surface area contributed by atoms with Crippen LogP contribution in [-0.4, -0.2) is 27.6 Å². The van der Waals surface area contributed by atoms with Crippen LogP contribution in [-0.2, 0) is 18.2 Å². The highest BCUT2D eigenvalue weighted by Gasteiger charge is 2.20. The number of aromatic nitrogens is 3. The first-order chi connectivity index (χ1) is 12.4. The number of nitriles is 1. The molecular weight excluding hydrogens is 399 g/mol. The lowest BCUT2D eigenvalue weighted by Gasteiger charge is -2.10. The number of pyridine rings is 1. The number of aryl methyl sites for hydroxylation is 1. The van der Waals surface area contributed by atoms with E-state index in [0.29, 0.717) is 33.1 Å². The molecule has 0 spiro atoms. The van der Waals surface area contributed by atoms with Crippen molar-refractivity contribution in [2.75, 3.05) is 7.11 Å². The third kappa shape index (κ3) is 3.10. The zero-order valence-corrected chi connectivity index (χ0v) is 15.9. The smallest absolute Gasteiger partial charge is 0.339 e. The summed E-state index contributed by atoms with van der Waals surface area (Å²) in [6, 6.07) is 6.59. The predicted octanol–water partition coefficient (Wildman–Crippen LogP) is 4.18. The molecule has 0 unspecified atom stereocenters. The number of nitrogens with zero attached hydrogens (tertiary/aromatic N) is 4. The van der Waals surface area contributed by atoms with Gasteiger partial charge in [-0.05, 0) is 23.8 Å². The lowest BCUT2D eigenvalue weighted by Crippen LogP contribution is -2.06. The van der Waals surface area contributed by atoms with Crippen LogP contribution in [0.4, 0.5) is 0 Å². The van der Waals surface area contributed by atoms with E-state index >= 15 is 0 Å². The Bertz CT molecular complexity index is 1090. The van der Waals surface area contributed by atoms with Gasteiger partial charge in [0.2, 0.25) is 0 Å². The Morgan fingerprint density at radius 2 is 2.04 bits per heavy atom. The fourth-order valence-corrected chi connectivity index (χ4v) is 3.36. The summed E-state index contributed by atoms with van der Waals surface area (Å²) >= 11 is 18.6. The number of carbonyl (C=O) groups is 1. The summed E-state index contributed by atoms with van der Waals surface area (Å²) < 4.78 is 6.44. The average Bonchev–Trinajstić information content (AvgIpc) is 2.93. The summed E-state index contributed by atoms with van der Waals surface area (Å²) in [5.74, 6) is 0.00946. The molecule has 0 atom stereocenters. The second-order valence-corrected chi connectivity index (χ2v) is 6.59. The standard InChI is InChI=1S/C17H11Cl3N4O2/c1-24-13(23-15-8(7-21)5-12(19)22-16(15)24)6-10-11(18)4-3-9(14(10)20)17(25)26-2/h3-5H,6H2,1-2H3. The number of ether oxygens (including phenoxy) is 1. The number of rotatable bonds is 3. The number of imidazole rings is 1. The van der Waals surface area contributed by atoms with Gasteiger partial charge in [-0.3, -0.25) is 0 Å². The second kappa shape index (κ2) is 7.12. The summed E-state index contributed by atoms with van der Waals surface area (Å²) in [5.41, 5.74) is 1.97. The molecule has 0 saturated heterocycles. The summed E-state index contributed by atoms with van der Waals surface area (Å²) in [7, 11) is 3.03. The Hall–Kier alpha value is -2.33. The zero-order valence-electron chi connectivity index (χ0n) is 13.7. The van der Waals surface area contributed by atoms with Crippen molar-refractivity contribution in [3.63, 3.8) is 0 Å². The van der Waals surface area contributed by atoms with Gasteiger partial charge in [-0.2, -0.15) is 5.26 Å². The predicted molar refractivity (Wildman–Crippen MR) is 98.8 cm³/mol. The Morgan fingerprint density at radius 1 is 1.31 bits per heavy atom. The quantitative estimate of drug-likeness (QED) is 0.479. The molecule has 0 saturated carbocycles. The summed E-state index contributed by atoms with van der Waals surface area (Å²) in [4.78, 5) is 20.6. The maximum Gasteiger partial charge on any atom is 0.339 e. The van der Waals surface area contributed by atoms with Gasteiger partial charge in [-0.1, -0.05) is 34.8 Å². The van der Waals surface area contributed by atoms with Crippen LogP contribution < -0.4 is 0 Å². The zero-order chi connectivity index (χ0) is 19.0. The van der Waals surface area contributed by atoms with Crippen LogP contribution >= 0.6 is 34.8 Å². The molecule has 3 rings (SSSR count). The van der Waals surface area contributed by atoms with Gasteiger partial charge in [0.15, 0.2) is 5.65 Å². The van der Waals surface area contributed by atoms with Crippen LogP contribution in [0.5, 0.6) is 0 Å². The first kappa shape index (κ1) is 18.5. The third-order valence-electron chi connectivity index (χ3n) is 3.94. The molecule has 0 N–H and O–H groups in total. The SMILES string of the molecule is COC(=O)c1ccc(Cl)c(Cc2nc3c(C#N)cc(Cl)nc3n2C)c1Cl. The van der Waals surface area contributed by atoms with Crippen molar-refractivity contribution in [2.24, 2.45) is 7.05 Å². The van der Waals surface area contributed by atoms with E-state index in [1.165, 1.54) is 19.2 Å². The van der Waals surface area contributed by atoms with E-state index in [9.17, 15) is 10.1 Å². The van der Waals surface area contributed by atoms with Crippen LogP contribution in [0, 0.1) is 11.3 Å². The van der Waals surface area contributed by atoms with E-state index in [4.69, 9.17) is 39.5 Å². The van der Waals surface area contributed by atoms with Gasteiger partial charge in [0.25, 0.3) is 0 Å². The number of fused-ring (bicyclic) bond motifs is 1. The first-order valence-electron chi connectivity index (χ1n) is 7.34. The van der Waals surface area contributed by atoms with Crippen LogP contribution in [0.1, 0.15) is 27.3 Å². The lowest BCUT2D eigenvalue weighted by atomic mass is 10.1. The van der Waals surface area contributed by atoms with Crippen LogP contribution in [0.2, 0.25) is 15.2 Å². The van der Waals surface area contributed by atoms with E-state index in [0.717, 1.165) is 0 Å². The molecule has 6 nitrogen and oxygen atoms in total. The second-order valence-electron chi connectivity index (χ2n) is 5.42. The molecule has 0 aliphatic carbocycles. The highest BCUT2D eigenvalue weighted by molar-refractivity contribution is 6.38. The van der Waals surface area contributed by atoms with Crippen molar-refractivity contribution < 1.29 is 9.53 Å². The van der Waals surface area contributed by atoms with E-state index in [2.05, 4.69) is 16.0 Å². The number of esters is 1. The number of halogens is 3. The van der Waals surface area contributed by atoms with Crippen LogP contribution in [0.25, 0.3) is 11.2 Å². The average molecular weight is 410 g/mol. The van der Waals surface area contributed by atoms with Gasteiger partial charge in [-0.25, -0.2) is 14.8 Å². The van der Waals surface area contributed by atoms with Gasteiger partial charge >= 0.3 is 5.97 Å². The normalized spacial score (nSPS) is 10.8. The van der Waals surface area contributed by atoms with Crippen molar-refractivity contribution in [1.82, 2.24) is 14.5 Å². The molecule has 0 amide bonds. The van der Waals surface area contributed by atoms with Crippen molar-refractivity contribution in [3.05, 3.63) is 55.9 Å². The van der Waals surface area contributed by atoms with Crippen molar-refractivity contribution in [1.29, 1.82) is 5.26 Å². The number of carbonyl (C=O) groups excluding carboxylic acids is 1. The maximum atomic E-state index is 11.8. The van der Waals surface area contributed by atoms with Crippen LogP contribution in [0.15, 0.2) is 18.2 Å². The Morgan fingerprint density at radius 3 is 2.69 bits per heavy atom. The van der Waals surface area contributed by atoms with Crippen molar-refractivity contribution in [3.8, 4) is 6.07 Å². The van der Waals surface area contributed by atoms with Gasteiger partial charge in [-0.15, -0.1) is 0 Å². The first-order valence-corrected chi connectivity index (χ1v) is 8.47. The molecular formula is C17H11Cl3N4O2. The Kier molecular flexibility index (Phi) is 5.05. The molecule has 0 bridgehead atoms. The fraction of sp³-hybridized carbons (Fsp3) is 0.176. The molecule has 2 aromatic heterocycles. The number of hydrogen-bond donors (Lipinski definition) is 0. The molecule has 0 aliphatic heterocycles. The minimum Gasteiger partial charge on any atom is -0.465 e. The highest BCUT2D eigenvalue weighted by atomic mass is 35.5. The van der Waals surface area contributed by atoms with Gasteiger partial charge in [0.05, 0.1) is 23.3 Å². The topological polar surface area (TPSA) is 80.8 Å². The molecule has 132 valence electrons. The molecule has 0 radical (unpaired) electrons. The molecule has 26 heavy (non-hydrogen) atoms. The minimum atomic E-state index is -0.557. The summed E-state index contributed by atoms with van der Waals surface area (Å²) in [5, 5.41) is 10.1.